The Hall–Kier alpha value is -1.55. The van der Waals surface area contributed by atoms with E-state index < -0.39 is 5.54 Å². The third kappa shape index (κ3) is 5.38. The van der Waals surface area contributed by atoms with Crippen LogP contribution in [0.15, 0.2) is 24.3 Å². The second-order valence-electron chi connectivity index (χ2n) is 5.80. The molecule has 0 aliphatic rings. The number of nitrogens with two attached hydrogens (primary N) is 1. The Morgan fingerprint density at radius 3 is 2.62 bits per heavy atom. The Bertz CT molecular complexity index is 458. The monoisotopic (exact) mass is 292 g/mol. The number of aryl methyl sites for hydroxylation is 1. The van der Waals surface area contributed by atoms with Gasteiger partial charge in [0.2, 0.25) is 0 Å². The summed E-state index contributed by atoms with van der Waals surface area (Å²) >= 11 is 0. The number of benzene rings is 1. The Balaban J connectivity index is 2.37. The molecule has 1 atom stereocenters. The number of hydrogen-bond donors (Lipinski definition) is 1. The molecule has 0 fully saturated rings. The van der Waals surface area contributed by atoms with Crippen LogP contribution in [0.4, 0.5) is 5.69 Å². The number of ether oxygens (including phenoxy) is 1. The zero-order chi connectivity index (χ0) is 15.9. The summed E-state index contributed by atoms with van der Waals surface area (Å²) in [5.41, 5.74) is 7.65. The molecule has 0 heterocycles. The van der Waals surface area contributed by atoms with Crippen molar-refractivity contribution in [2.75, 3.05) is 25.1 Å². The van der Waals surface area contributed by atoms with Crippen molar-refractivity contribution in [2.45, 2.75) is 45.6 Å². The van der Waals surface area contributed by atoms with Crippen LogP contribution in [0, 0.1) is 6.92 Å². The van der Waals surface area contributed by atoms with Gasteiger partial charge in [0.15, 0.2) is 0 Å². The lowest BCUT2D eigenvalue weighted by molar-refractivity contribution is -0.149. The number of esters is 1. The van der Waals surface area contributed by atoms with Crippen LogP contribution in [0.1, 0.15) is 38.7 Å². The minimum absolute atomic E-state index is 0.308. The van der Waals surface area contributed by atoms with Crippen LogP contribution in [0.3, 0.4) is 0 Å². The molecular weight excluding hydrogens is 264 g/mol. The largest absolute Gasteiger partial charge is 0.465 e. The first kappa shape index (κ1) is 17.5. The van der Waals surface area contributed by atoms with Crippen LogP contribution < -0.4 is 10.6 Å². The van der Waals surface area contributed by atoms with Crippen molar-refractivity contribution in [2.24, 2.45) is 5.73 Å². The van der Waals surface area contributed by atoms with Gasteiger partial charge >= 0.3 is 5.97 Å². The molecule has 21 heavy (non-hydrogen) atoms. The van der Waals surface area contributed by atoms with Crippen LogP contribution in [0.2, 0.25) is 0 Å². The average Bonchev–Trinajstić information content (AvgIpc) is 2.44. The lowest BCUT2D eigenvalue weighted by Gasteiger charge is -2.24. The molecule has 1 rings (SSSR count). The van der Waals surface area contributed by atoms with Gasteiger partial charge in [-0.1, -0.05) is 18.2 Å². The maximum atomic E-state index is 11.7. The number of unbranched alkanes of at least 4 members (excludes halogenated alkanes) is 1. The second-order valence-corrected chi connectivity index (χ2v) is 5.80. The van der Waals surface area contributed by atoms with Crippen LogP contribution in [-0.4, -0.2) is 31.7 Å². The number of nitrogens with zero attached hydrogens (tertiary/aromatic N) is 1. The molecule has 1 aromatic rings. The van der Waals surface area contributed by atoms with E-state index in [1.165, 1.54) is 11.3 Å². The van der Waals surface area contributed by atoms with E-state index in [1.807, 2.05) is 6.07 Å². The molecule has 0 aliphatic heterocycles. The first-order chi connectivity index (χ1) is 9.88. The molecule has 4 nitrogen and oxygen atoms in total. The Kier molecular flexibility index (Phi) is 6.69. The summed E-state index contributed by atoms with van der Waals surface area (Å²) in [6, 6.07) is 8.34. The van der Waals surface area contributed by atoms with E-state index in [9.17, 15) is 4.79 Å². The predicted octanol–water partition coefficient (Wildman–Crippen LogP) is 2.88. The van der Waals surface area contributed by atoms with Crippen molar-refractivity contribution in [3.63, 3.8) is 0 Å². The fourth-order valence-corrected chi connectivity index (χ4v) is 2.35. The van der Waals surface area contributed by atoms with Crippen molar-refractivity contribution in [3.05, 3.63) is 29.8 Å². The lowest BCUT2D eigenvalue weighted by atomic mass is 9.96. The van der Waals surface area contributed by atoms with Gasteiger partial charge in [-0.25, -0.2) is 0 Å². The highest BCUT2D eigenvalue weighted by atomic mass is 16.5. The summed E-state index contributed by atoms with van der Waals surface area (Å²) in [7, 11) is 2.09. The van der Waals surface area contributed by atoms with Crippen molar-refractivity contribution in [1.29, 1.82) is 0 Å². The number of anilines is 1. The van der Waals surface area contributed by atoms with Crippen LogP contribution >= 0.6 is 0 Å². The van der Waals surface area contributed by atoms with Crippen molar-refractivity contribution >= 4 is 11.7 Å². The van der Waals surface area contributed by atoms with Crippen molar-refractivity contribution in [3.8, 4) is 0 Å². The van der Waals surface area contributed by atoms with Crippen LogP contribution in [0.25, 0.3) is 0 Å². The smallest absolute Gasteiger partial charge is 0.325 e. The first-order valence-electron chi connectivity index (χ1n) is 7.61. The molecule has 2 N–H and O–H groups in total. The number of para-hydroxylation sites is 1. The van der Waals surface area contributed by atoms with E-state index in [-0.39, 0.29) is 5.97 Å². The quantitative estimate of drug-likeness (QED) is 0.591. The van der Waals surface area contributed by atoms with Gasteiger partial charge in [-0.2, -0.15) is 0 Å². The minimum Gasteiger partial charge on any atom is -0.465 e. The standard InChI is InChI=1S/C17H28N2O2/c1-5-21-16(20)17(3,18)12-8-9-13-19(4)15-11-7-6-10-14(15)2/h6-7,10-11H,5,8-9,12-13,18H2,1-4H3. The summed E-state index contributed by atoms with van der Waals surface area (Å²) in [5.74, 6) is -0.308. The average molecular weight is 292 g/mol. The molecule has 0 bridgehead atoms. The molecule has 118 valence electrons. The van der Waals surface area contributed by atoms with Gasteiger partial charge in [0.05, 0.1) is 6.61 Å². The van der Waals surface area contributed by atoms with Gasteiger partial charge in [-0.15, -0.1) is 0 Å². The molecule has 0 aromatic heterocycles. The third-order valence-corrected chi connectivity index (χ3v) is 3.71. The predicted molar refractivity (Wildman–Crippen MR) is 87.5 cm³/mol. The second kappa shape index (κ2) is 8.03. The molecule has 0 aliphatic carbocycles. The van der Waals surface area contributed by atoms with E-state index in [0.717, 1.165) is 19.4 Å². The normalized spacial score (nSPS) is 13.6. The molecule has 0 radical (unpaired) electrons. The Morgan fingerprint density at radius 1 is 1.33 bits per heavy atom. The van der Waals surface area contributed by atoms with Gasteiger partial charge in [0.25, 0.3) is 0 Å². The molecule has 0 spiro atoms. The van der Waals surface area contributed by atoms with Crippen LogP contribution in [0.5, 0.6) is 0 Å². The van der Waals surface area contributed by atoms with Gasteiger partial charge < -0.3 is 15.4 Å². The van der Waals surface area contributed by atoms with E-state index in [0.29, 0.717) is 13.0 Å². The van der Waals surface area contributed by atoms with Gasteiger partial charge in [-0.3, -0.25) is 4.79 Å². The Morgan fingerprint density at radius 2 is 2.00 bits per heavy atom. The highest BCUT2D eigenvalue weighted by molar-refractivity contribution is 5.79. The minimum atomic E-state index is -0.878. The first-order valence-corrected chi connectivity index (χ1v) is 7.61. The van der Waals surface area contributed by atoms with Gasteiger partial charge in [0.1, 0.15) is 5.54 Å². The lowest BCUT2D eigenvalue weighted by Crippen LogP contribution is -2.46. The topological polar surface area (TPSA) is 55.6 Å². The summed E-state index contributed by atoms with van der Waals surface area (Å²) in [6.45, 7) is 6.98. The number of hydrogen-bond acceptors (Lipinski definition) is 4. The summed E-state index contributed by atoms with van der Waals surface area (Å²) < 4.78 is 5.00. The molecule has 0 saturated heterocycles. The zero-order valence-electron chi connectivity index (χ0n) is 13.7. The van der Waals surface area contributed by atoms with Crippen molar-refractivity contribution < 1.29 is 9.53 Å². The SMILES string of the molecule is CCOC(=O)C(C)(N)CCCCN(C)c1ccccc1C. The summed E-state index contributed by atoms with van der Waals surface area (Å²) in [4.78, 5) is 13.9. The fraction of sp³-hybridized carbons (Fsp3) is 0.588. The molecule has 1 aromatic carbocycles. The molecule has 1 unspecified atom stereocenters. The van der Waals surface area contributed by atoms with Gasteiger partial charge in [0, 0.05) is 19.3 Å². The number of carbonyl (C=O) groups excluding carboxylic acids is 1. The van der Waals surface area contributed by atoms with E-state index in [2.05, 4.69) is 37.1 Å². The third-order valence-electron chi connectivity index (χ3n) is 3.71. The summed E-state index contributed by atoms with van der Waals surface area (Å²) in [6.07, 6.45) is 2.55. The number of rotatable bonds is 8. The van der Waals surface area contributed by atoms with Crippen LogP contribution in [-0.2, 0) is 9.53 Å². The fourth-order valence-electron chi connectivity index (χ4n) is 2.35. The zero-order valence-corrected chi connectivity index (χ0v) is 13.7. The molecular formula is C17H28N2O2. The van der Waals surface area contributed by atoms with E-state index in [1.54, 1.807) is 13.8 Å². The van der Waals surface area contributed by atoms with E-state index in [4.69, 9.17) is 10.5 Å². The maximum absolute atomic E-state index is 11.7. The van der Waals surface area contributed by atoms with Crippen molar-refractivity contribution in [1.82, 2.24) is 0 Å². The maximum Gasteiger partial charge on any atom is 0.325 e. The van der Waals surface area contributed by atoms with E-state index >= 15 is 0 Å². The van der Waals surface area contributed by atoms with Gasteiger partial charge in [-0.05, 0) is 51.7 Å². The molecule has 0 amide bonds. The molecule has 0 saturated carbocycles. The highest BCUT2D eigenvalue weighted by Crippen LogP contribution is 2.19. The summed E-state index contributed by atoms with van der Waals surface area (Å²) in [5, 5.41) is 0. The Labute approximate surface area is 128 Å². The number of carbonyl (C=O) groups is 1. The molecule has 4 heteroatoms. The highest BCUT2D eigenvalue weighted by Gasteiger charge is 2.29.